The molecule has 0 amide bonds. The molecule has 27 heavy (non-hydrogen) atoms. The molecule has 0 aliphatic carbocycles. The van der Waals surface area contributed by atoms with E-state index in [4.69, 9.17) is 9.15 Å². The Balaban J connectivity index is 1.44. The van der Waals surface area contributed by atoms with Gasteiger partial charge in [-0.2, -0.15) is 5.10 Å². The molecule has 0 saturated carbocycles. The molecule has 4 aromatic rings. The topological polar surface area (TPSA) is 92.5 Å². The summed E-state index contributed by atoms with van der Waals surface area (Å²) in [5.41, 5.74) is 6.00. The van der Waals surface area contributed by atoms with Crippen LogP contribution in [0.25, 0.3) is 22.4 Å². The number of hydrogen-bond donors (Lipinski definition) is 2. The average Bonchev–Trinajstić information content (AvgIpc) is 3.34. The Hall–Kier alpha value is -3.87. The highest BCUT2D eigenvalue weighted by molar-refractivity contribution is 5.90. The maximum atomic E-state index is 11.5. The number of benzene rings is 2. The molecule has 2 aromatic heterocycles. The lowest BCUT2D eigenvalue weighted by Gasteiger charge is -2.00. The Morgan fingerprint density at radius 2 is 1.96 bits per heavy atom. The van der Waals surface area contributed by atoms with Crippen molar-refractivity contribution in [3.8, 4) is 11.3 Å². The maximum absolute atomic E-state index is 11.5. The van der Waals surface area contributed by atoms with Crippen LogP contribution in [0.5, 0.6) is 0 Å². The number of carbonyl (C=O) groups is 1. The van der Waals surface area contributed by atoms with Crippen LogP contribution in [0.2, 0.25) is 0 Å². The number of nitrogens with zero attached hydrogens (tertiary/aromatic N) is 2. The maximum Gasteiger partial charge on any atom is 0.337 e. The highest BCUT2D eigenvalue weighted by Crippen LogP contribution is 2.22. The molecule has 2 heterocycles. The van der Waals surface area contributed by atoms with Crippen molar-refractivity contribution in [3.63, 3.8) is 0 Å². The van der Waals surface area contributed by atoms with E-state index in [0.29, 0.717) is 23.0 Å². The Labute approximate surface area is 154 Å². The molecule has 2 N–H and O–H groups in total. The van der Waals surface area contributed by atoms with E-state index >= 15 is 0 Å². The fraction of sp³-hybridized carbons (Fsp3) is 0.0500. The van der Waals surface area contributed by atoms with Gasteiger partial charge in [-0.05, 0) is 36.4 Å². The van der Waals surface area contributed by atoms with Gasteiger partial charge in [-0.3, -0.25) is 0 Å². The Kier molecular flexibility index (Phi) is 4.40. The Morgan fingerprint density at radius 3 is 2.74 bits per heavy atom. The first-order valence-corrected chi connectivity index (χ1v) is 8.25. The SMILES string of the molecule is COC(=O)c1ccc(-c2ccc(/C=N/Nc3nc4ccccc4[nH]3)o2)cc1. The summed E-state index contributed by atoms with van der Waals surface area (Å²) in [4.78, 5) is 19.0. The molecule has 0 radical (unpaired) electrons. The van der Waals surface area contributed by atoms with Crippen molar-refractivity contribution < 1.29 is 13.9 Å². The number of hydrogen-bond acceptors (Lipinski definition) is 6. The summed E-state index contributed by atoms with van der Waals surface area (Å²) in [6.45, 7) is 0. The van der Waals surface area contributed by atoms with Gasteiger partial charge in [0, 0.05) is 5.56 Å². The molecular weight excluding hydrogens is 344 g/mol. The molecule has 0 atom stereocenters. The highest BCUT2D eigenvalue weighted by atomic mass is 16.5. The summed E-state index contributed by atoms with van der Waals surface area (Å²) in [5.74, 6) is 1.45. The highest BCUT2D eigenvalue weighted by Gasteiger charge is 2.07. The second kappa shape index (κ2) is 7.17. The van der Waals surface area contributed by atoms with Gasteiger partial charge in [0.15, 0.2) is 0 Å². The van der Waals surface area contributed by atoms with Crippen molar-refractivity contribution in [3.05, 3.63) is 72.0 Å². The monoisotopic (exact) mass is 360 g/mol. The lowest BCUT2D eigenvalue weighted by Crippen LogP contribution is -2.00. The number of furan rings is 1. The molecule has 0 bridgehead atoms. The number of ether oxygens (including phenoxy) is 1. The number of carbonyl (C=O) groups excluding carboxylic acids is 1. The van der Waals surface area contributed by atoms with Crippen LogP contribution in [0.3, 0.4) is 0 Å². The number of H-pyrrole nitrogens is 1. The lowest BCUT2D eigenvalue weighted by molar-refractivity contribution is 0.0600. The largest absolute Gasteiger partial charge is 0.465 e. The Bertz CT molecular complexity index is 1080. The minimum absolute atomic E-state index is 0.370. The van der Waals surface area contributed by atoms with Gasteiger partial charge in [0.1, 0.15) is 11.5 Å². The molecule has 0 saturated heterocycles. The summed E-state index contributed by atoms with van der Waals surface area (Å²) >= 11 is 0. The van der Waals surface area contributed by atoms with Crippen LogP contribution in [0, 0.1) is 0 Å². The normalized spacial score (nSPS) is 11.1. The molecule has 2 aromatic carbocycles. The fourth-order valence-electron chi connectivity index (χ4n) is 2.63. The quantitative estimate of drug-likeness (QED) is 0.318. The van der Waals surface area contributed by atoms with Gasteiger partial charge in [0.25, 0.3) is 0 Å². The number of aromatic nitrogens is 2. The second-order valence-corrected chi connectivity index (χ2v) is 5.74. The van der Waals surface area contributed by atoms with E-state index in [1.54, 1.807) is 30.5 Å². The molecule has 0 spiro atoms. The molecule has 0 unspecified atom stereocenters. The summed E-state index contributed by atoms with van der Waals surface area (Å²) in [6, 6.07) is 18.4. The first kappa shape index (κ1) is 16.6. The summed E-state index contributed by atoms with van der Waals surface area (Å²) in [6.07, 6.45) is 1.57. The van der Waals surface area contributed by atoms with E-state index in [0.717, 1.165) is 16.6 Å². The van der Waals surface area contributed by atoms with Crippen LogP contribution in [-0.2, 0) is 4.74 Å². The summed E-state index contributed by atoms with van der Waals surface area (Å²) in [5, 5.41) is 4.14. The van der Waals surface area contributed by atoms with Gasteiger partial charge in [-0.15, -0.1) is 0 Å². The third-order valence-corrected chi connectivity index (χ3v) is 3.97. The minimum Gasteiger partial charge on any atom is -0.465 e. The first-order valence-electron chi connectivity index (χ1n) is 8.25. The minimum atomic E-state index is -0.370. The van der Waals surface area contributed by atoms with E-state index < -0.39 is 0 Å². The zero-order chi connectivity index (χ0) is 18.6. The predicted octanol–water partition coefficient (Wildman–Crippen LogP) is 4.06. The number of fused-ring (bicyclic) bond motifs is 1. The van der Waals surface area contributed by atoms with Gasteiger partial charge < -0.3 is 14.1 Å². The number of para-hydroxylation sites is 2. The molecule has 0 aliphatic rings. The third-order valence-electron chi connectivity index (χ3n) is 3.97. The molecule has 4 rings (SSSR count). The number of esters is 1. The van der Waals surface area contributed by atoms with Crippen molar-refractivity contribution >= 4 is 29.2 Å². The number of anilines is 1. The van der Waals surface area contributed by atoms with Gasteiger partial charge in [-0.25, -0.2) is 15.2 Å². The zero-order valence-electron chi connectivity index (χ0n) is 14.5. The fourth-order valence-corrected chi connectivity index (χ4v) is 2.63. The van der Waals surface area contributed by atoms with E-state index in [9.17, 15) is 4.79 Å². The summed E-state index contributed by atoms with van der Waals surface area (Å²) < 4.78 is 10.4. The van der Waals surface area contributed by atoms with Crippen LogP contribution in [0.15, 0.2) is 70.2 Å². The number of nitrogens with one attached hydrogen (secondary N) is 2. The standard InChI is InChI=1S/C20H16N4O3/c1-26-19(25)14-8-6-13(7-9-14)18-11-10-15(27-18)12-21-24-20-22-16-4-2-3-5-17(16)23-20/h2-12H,1H3,(H2,22,23,24)/b21-12+. The van der Waals surface area contributed by atoms with E-state index in [2.05, 4.69) is 20.5 Å². The molecule has 7 heteroatoms. The number of hydrazone groups is 1. The van der Waals surface area contributed by atoms with E-state index in [1.165, 1.54) is 7.11 Å². The van der Waals surface area contributed by atoms with Crippen LogP contribution in [-0.4, -0.2) is 29.3 Å². The summed E-state index contributed by atoms with van der Waals surface area (Å²) in [7, 11) is 1.35. The van der Waals surface area contributed by atoms with Crippen molar-refractivity contribution in [2.75, 3.05) is 12.5 Å². The Morgan fingerprint density at radius 1 is 1.15 bits per heavy atom. The third kappa shape index (κ3) is 3.57. The van der Waals surface area contributed by atoms with E-state index in [1.807, 2.05) is 36.4 Å². The second-order valence-electron chi connectivity index (χ2n) is 5.74. The smallest absolute Gasteiger partial charge is 0.337 e. The molecule has 0 fully saturated rings. The number of rotatable bonds is 5. The van der Waals surface area contributed by atoms with Crippen molar-refractivity contribution in [2.45, 2.75) is 0 Å². The van der Waals surface area contributed by atoms with Gasteiger partial charge in [-0.1, -0.05) is 24.3 Å². The molecular formula is C20H16N4O3. The number of imidazole rings is 1. The first-order chi connectivity index (χ1) is 13.2. The van der Waals surface area contributed by atoms with Crippen LogP contribution in [0.1, 0.15) is 16.1 Å². The number of aromatic amines is 1. The van der Waals surface area contributed by atoms with Gasteiger partial charge in [0.2, 0.25) is 5.95 Å². The van der Waals surface area contributed by atoms with Crippen LogP contribution in [0.4, 0.5) is 5.95 Å². The number of methoxy groups -OCH3 is 1. The average molecular weight is 360 g/mol. The molecule has 7 nitrogen and oxygen atoms in total. The van der Waals surface area contributed by atoms with Crippen molar-refractivity contribution in [1.82, 2.24) is 9.97 Å². The van der Waals surface area contributed by atoms with Crippen molar-refractivity contribution in [1.29, 1.82) is 0 Å². The van der Waals surface area contributed by atoms with Crippen molar-refractivity contribution in [2.24, 2.45) is 5.10 Å². The molecule has 134 valence electrons. The predicted molar refractivity (Wildman–Crippen MR) is 103 cm³/mol. The lowest BCUT2D eigenvalue weighted by atomic mass is 10.1. The molecule has 0 aliphatic heterocycles. The zero-order valence-corrected chi connectivity index (χ0v) is 14.5. The van der Waals surface area contributed by atoms with Crippen LogP contribution >= 0.6 is 0 Å². The van der Waals surface area contributed by atoms with Gasteiger partial charge in [0.05, 0.1) is 29.9 Å². The van der Waals surface area contributed by atoms with E-state index in [-0.39, 0.29) is 5.97 Å². The van der Waals surface area contributed by atoms with Crippen LogP contribution < -0.4 is 5.43 Å². The van der Waals surface area contributed by atoms with Gasteiger partial charge >= 0.3 is 5.97 Å².